The van der Waals surface area contributed by atoms with E-state index in [-0.39, 0.29) is 6.61 Å². The lowest BCUT2D eigenvalue weighted by atomic mass is 10.1. The minimum absolute atomic E-state index is 0.278. The Morgan fingerprint density at radius 2 is 2.25 bits per heavy atom. The molecule has 1 heterocycles. The van der Waals surface area contributed by atoms with Crippen molar-refractivity contribution in [2.45, 2.75) is 31.8 Å². The van der Waals surface area contributed by atoms with E-state index >= 15 is 0 Å². The van der Waals surface area contributed by atoms with Crippen LogP contribution < -0.4 is 0 Å². The Morgan fingerprint density at radius 3 is 2.75 bits per heavy atom. The van der Waals surface area contributed by atoms with Crippen LogP contribution >= 0.6 is 0 Å². The van der Waals surface area contributed by atoms with Gasteiger partial charge in [0.2, 0.25) is 0 Å². The fraction of sp³-hybridized carbons (Fsp3) is 0.857. The molecule has 12 heavy (non-hydrogen) atoms. The van der Waals surface area contributed by atoms with Crippen LogP contribution in [0.1, 0.15) is 13.3 Å². The average molecular weight is 176 g/mol. The van der Waals surface area contributed by atoms with Crippen molar-refractivity contribution in [1.29, 1.82) is 0 Å². The maximum absolute atomic E-state index is 10.5. The molecule has 70 valence electrons. The number of hydrogen-bond acceptors (Lipinski definition) is 5. The van der Waals surface area contributed by atoms with Crippen molar-refractivity contribution in [3.8, 4) is 0 Å². The van der Waals surface area contributed by atoms with Crippen LogP contribution in [0.15, 0.2) is 0 Å². The van der Waals surface area contributed by atoms with Gasteiger partial charge in [-0.1, -0.05) is 0 Å². The van der Waals surface area contributed by atoms with Gasteiger partial charge in [0, 0.05) is 13.3 Å². The van der Waals surface area contributed by atoms with E-state index in [0.29, 0.717) is 6.42 Å². The summed E-state index contributed by atoms with van der Waals surface area (Å²) < 4.78 is 9.43. The molecule has 0 aliphatic carbocycles. The zero-order valence-electron chi connectivity index (χ0n) is 6.77. The summed E-state index contributed by atoms with van der Waals surface area (Å²) in [5, 5.41) is 18.4. The minimum Gasteiger partial charge on any atom is -0.454 e. The summed E-state index contributed by atoms with van der Waals surface area (Å²) in [6, 6.07) is 0. The van der Waals surface area contributed by atoms with Crippen molar-refractivity contribution in [3.63, 3.8) is 0 Å². The van der Waals surface area contributed by atoms with Crippen LogP contribution in [0.5, 0.6) is 0 Å². The summed E-state index contributed by atoms with van der Waals surface area (Å²) in [4.78, 5) is 10.5. The molecule has 1 saturated heterocycles. The summed E-state index contributed by atoms with van der Waals surface area (Å²) in [7, 11) is 0. The number of aliphatic hydroxyl groups is 2. The molecule has 5 nitrogen and oxygen atoms in total. The maximum atomic E-state index is 10.5. The third-order valence-corrected chi connectivity index (χ3v) is 1.66. The van der Waals surface area contributed by atoms with Crippen LogP contribution in [0.4, 0.5) is 0 Å². The lowest BCUT2D eigenvalue weighted by molar-refractivity contribution is -0.232. The largest absolute Gasteiger partial charge is 0.454 e. The molecule has 1 rings (SSSR count). The molecule has 3 atom stereocenters. The van der Waals surface area contributed by atoms with Crippen LogP contribution in [0.2, 0.25) is 0 Å². The molecule has 0 amide bonds. The summed E-state index contributed by atoms with van der Waals surface area (Å²) in [6.07, 6.45) is -2.62. The van der Waals surface area contributed by atoms with Crippen molar-refractivity contribution < 1.29 is 24.5 Å². The van der Waals surface area contributed by atoms with E-state index in [0.717, 1.165) is 0 Å². The average Bonchev–Trinajstić information content (AvgIpc) is 1.97. The third-order valence-electron chi connectivity index (χ3n) is 1.66. The van der Waals surface area contributed by atoms with E-state index in [2.05, 4.69) is 4.74 Å². The quantitative estimate of drug-likeness (QED) is 0.502. The molecule has 1 aliphatic rings. The number of rotatable bonds is 1. The number of ether oxygens (including phenoxy) is 2. The van der Waals surface area contributed by atoms with E-state index in [1.807, 2.05) is 0 Å². The monoisotopic (exact) mass is 176 g/mol. The van der Waals surface area contributed by atoms with E-state index in [1.54, 1.807) is 0 Å². The molecular weight excluding hydrogens is 164 g/mol. The summed E-state index contributed by atoms with van der Waals surface area (Å²) in [5.41, 5.74) is 0. The van der Waals surface area contributed by atoms with Crippen molar-refractivity contribution in [2.75, 3.05) is 6.61 Å². The second kappa shape index (κ2) is 3.84. The highest BCUT2D eigenvalue weighted by molar-refractivity contribution is 5.66. The second-order valence-corrected chi connectivity index (χ2v) is 2.69. The predicted octanol–water partition coefficient (Wildman–Crippen LogP) is -0.982. The number of hydrogen-bond donors (Lipinski definition) is 2. The van der Waals surface area contributed by atoms with E-state index in [4.69, 9.17) is 9.84 Å². The molecular formula is C7H12O5. The van der Waals surface area contributed by atoms with Crippen LogP contribution in [0, 0.1) is 0 Å². The molecule has 0 bridgehead atoms. The number of carbonyl (C=O) groups is 1. The Labute approximate surface area is 69.9 Å². The Bertz CT molecular complexity index is 159. The first-order valence-corrected chi connectivity index (χ1v) is 3.76. The molecule has 0 aromatic carbocycles. The number of esters is 1. The molecule has 0 unspecified atom stereocenters. The summed E-state index contributed by atoms with van der Waals surface area (Å²) in [5.74, 6) is -0.538. The Hall–Kier alpha value is -0.650. The fourth-order valence-corrected chi connectivity index (χ4v) is 1.09. The Balaban J connectivity index is 2.50. The van der Waals surface area contributed by atoms with Gasteiger partial charge in [-0.05, 0) is 0 Å². The first kappa shape index (κ1) is 9.44. The smallest absolute Gasteiger partial charge is 0.303 e. The SMILES string of the molecule is CC(=O)O[C@@H]1[C@@H](O)CCO[C@@H]1O. The zero-order chi connectivity index (χ0) is 9.14. The summed E-state index contributed by atoms with van der Waals surface area (Å²) >= 11 is 0. The third kappa shape index (κ3) is 2.17. The normalized spacial score (nSPS) is 36.1. The van der Waals surface area contributed by atoms with Gasteiger partial charge in [-0.25, -0.2) is 0 Å². The highest BCUT2D eigenvalue weighted by Crippen LogP contribution is 2.16. The van der Waals surface area contributed by atoms with Crippen molar-refractivity contribution in [2.24, 2.45) is 0 Å². The minimum atomic E-state index is -1.21. The fourth-order valence-electron chi connectivity index (χ4n) is 1.09. The highest BCUT2D eigenvalue weighted by atomic mass is 16.6. The first-order chi connectivity index (χ1) is 5.61. The van der Waals surface area contributed by atoms with Gasteiger partial charge in [-0.2, -0.15) is 0 Å². The number of carbonyl (C=O) groups excluding carboxylic acids is 1. The highest BCUT2D eigenvalue weighted by Gasteiger charge is 2.34. The molecule has 0 saturated carbocycles. The van der Waals surface area contributed by atoms with Crippen molar-refractivity contribution >= 4 is 5.97 Å². The molecule has 0 aromatic heterocycles. The zero-order valence-corrected chi connectivity index (χ0v) is 6.77. The van der Waals surface area contributed by atoms with E-state index in [9.17, 15) is 9.90 Å². The maximum Gasteiger partial charge on any atom is 0.303 e. The molecule has 0 aromatic rings. The topological polar surface area (TPSA) is 76.0 Å². The predicted molar refractivity (Wildman–Crippen MR) is 38.1 cm³/mol. The van der Waals surface area contributed by atoms with E-state index < -0.39 is 24.5 Å². The van der Waals surface area contributed by atoms with Crippen LogP contribution in [-0.4, -0.2) is 41.3 Å². The van der Waals surface area contributed by atoms with Crippen LogP contribution in [-0.2, 0) is 14.3 Å². The lowest BCUT2D eigenvalue weighted by Crippen LogP contribution is -2.46. The van der Waals surface area contributed by atoms with Gasteiger partial charge in [0.1, 0.15) is 0 Å². The van der Waals surface area contributed by atoms with Gasteiger partial charge >= 0.3 is 5.97 Å². The van der Waals surface area contributed by atoms with E-state index in [1.165, 1.54) is 6.92 Å². The molecule has 0 radical (unpaired) electrons. The molecule has 1 aliphatic heterocycles. The van der Waals surface area contributed by atoms with Crippen LogP contribution in [0.3, 0.4) is 0 Å². The van der Waals surface area contributed by atoms with Gasteiger partial charge in [0.05, 0.1) is 12.7 Å². The second-order valence-electron chi connectivity index (χ2n) is 2.69. The first-order valence-electron chi connectivity index (χ1n) is 3.76. The van der Waals surface area contributed by atoms with Crippen molar-refractivity contribution in [3.05, 3.63) is 0 Å². The standard InChI is InChI=1S/C7H12O5/c1-4(8)12-6-5(9)2-3-11-7(6)10/h5-7,9-10H,2-3H2,1H3/t5-,6+,7-/m0/s1. The van der Waals surface area contributed by atoms with Crippen LogP contribution in [0.25, 0.3) is 0 Å². The van der Waals surface area contributed by atoms with Gasteiger partial charge < -0.3 is 19.7 Å². The number of aliphatic hydroxyl groups excluding tert-OH is 2. The van der Waals surface area contributed by atoms with Gasteiger partial charge in [0.25, 0.3) is 0 Å². The molecule has 2 N–H and O–H groups in total. The summed E-state index contributed by atoms with van der Waals surface area (Å²) in [6.45, 7) is 1.49. The lowest BCUT2D eigenvalue weighted by Gasteiger charge is -2.31. The Kier molecular flexibility index (Phi) is 3.02. The van der Waals surface area contributed by atoms with Gasteiger partial charge in [-0.3, -0.25) is 4.79 Å². The molecule has 0 spiro atoms. The Morgan fingerprint density at radius 1 is 1.58 bits per heavy atom. The van der Waals surface area contributed by atoms with Gasteiger partial charge in [-0.15, -0.1) is 0 Å². The molecule has 5 heteroatoms. The molecule has 1 fully saturated rings. The van der Waals surface area contributed by atoms with Crippen molar-refractivity contribution in [1.82, 2.24) is 0 Å². The van der Waals surface area contributed by atoms with Gasteiger partial charge in [0.15, 0.2) is 12.4 Å².